The van der Waals surface area contributed by atoms with Crippen LogP contribution in [0.3, 0.4) is 0 Å². The highest BCUT2D eigenvalue weighted by atomic mass is 32.2. The van der Waals surface area contributed by atoms with Crippen LogP contribution in [0.25, 0.3) is 0 Å². The summed E-state index contributed by atoms with van der Waals surface area (Å²) in [4.78, 5) is 0. The van der Waals surface area contributed by atoms with Gasteiger partial charge in [0.15, 0.2) is 9.84 Å². The van der Waals surface area contributed by atoms with Gasteiger partial charge in [0.1, 0.15) is 18.2 Å². The molecule has 0 amide bonds. The van der Waals surface area contributed by atoms with E-state index in [0.29, 0.717) is 12.4 Å². The van der Waals surface area contributed by atoms with Gasteiger partial charge < -0.3 is 10.1 Å². The summed E-state index contributed by atoms with van der Waals surface area (Å²) in [7, 11) is -3.01. The van der Waals surface area contributed by atoms with Gasteiger partial charge in [-0.15, -0.1) is 0 Å². The number of halogens is 1. The summed E-state index contributed by atoms with van der Waals surface area (Å²) in [5.74, 6) is 0.312. The molecule has 0 saturated heterocycles. The van der Waals surface area contributed by atoms with E-state index in [1.54, 1.807) is 12.1 Å². The highest BCUT2D eigenvalue weighted by Gasteiger charge is 2.35. The van der Waals surface area contributed by atoms with Gasteiger partial charge in [-0.05, 0) is 44.0 Å². The maximum absolute atomic E-state index is 12.8. The number of ether oxygens (including phenoxy) is 1. The molecule has 1 aromatic carbocycles. The normalized spacial score (nSPS) is 24.0. The van der Waals surface area contributed by atoms with Crippen LogP contribution in [0.5, 0.6) is 5.75 Å². The molecular weight excluding hydrogens is 293 g/mol. The van der Waals surface area contributed by atoms with Gasteiger partial charge >= 0.3 is 0 Å². The van der Waals surface area contributed by atoms with Crippen LogP contribution in [0.2, 0.25) is 0 Å². The second kappa shape index (κ2) is 6.75. The van der Waals surface area contributed by atoms with Crippen LogP contribution < -0.4 is 10.1 Å². The Balaban J connectivity index is 1.84. The van der Waals surface area contributed by atoms with E-state index in [-0.39, 0.29) is 23.2 Å². The van der Waals surface area contributed by atoms with Crippen molar-refractivity contribution in [1.82, 2.24) is 5.32 Å². The van der Waals surface area contributed by atoms with Crippen LogP contribution in [-0.4, -0.2) is 38.6 Å². The predicted octanol–water partition coefficient (Wildman–Crippen LogP) is 2.15. The molecule has 1 N–H and O–H groups in total. The van der Waals surface area contributed by atoms with Gasteiger partial charge in [0.05, 0.1) is 5.25 Å². The number of hydrogen-bond acceptors (Lipinski definition) is 4. The standard InChI is InChI=1S/C15H22FNO3S/c1-11(10-20-13-8-6-12(16)7-9-13)17-14-4-3-5-15(14)21(2,18)19/h6-9,11,14-15,17H,3-5,10H2,1-2H3/t11-,14+,15+/m1/s1. The Kier molecular flexibility index (Phi) is 5.22. The van der Waals surface area contributed by atoms with Crippen LogP contribution in [0.4, 0.5) is 4.39 Å². The molecule has 0 bridgehead atoms. The number of nitrogens with one attached hydrogen (secondary N) is 1. The Labute approximate surface area is 125 Å². The molecule has 1 aromatic rings. The van der Waals surface area contributed by atoms with Crippen molar-refractivity contribution in [2.24, 2.45) is 0 Å². The predicted molar refractivity (Wildman–Crippen MR) is 80.8 cm³/mol. The van der Waals surface area contributed by atoms with Crippen LogP contribution in [0.15, 0.2) is 24.3 Å². The Morgan fingerprint density at radius 1 is 1.33 bits per heavy atom. The fraction of sp³-hybridized carbons (Fsp3) is 0.600. The van der Waals surface area contributed by atoms with Crippen molar-refractivity contribution in [3.05, 3.63) is 30.1 Å². The number of rotatable bonds is 6. The highest BCUT2D eigenvalue weighted by Crippen LogP contribution is 2.25. The lowest BCUT2D eigenvalue weighted by molar-refractivity contribution is 0.261. The molecule has 1 aliphatic rings. The van der Waals surface area contributed by atoms with Gasteiger partial charge in [0.25, 0.3) is 0 Å². The third kappa shape index (κ3) is 4.68. The van der Waals surface area contributed by atoms with Gasteiger partial charge in [-0.2, -0.15) is 0 Å². The molecule has 0 spiro atoms. The fourth-order valence-corrected chi connectivity index (χ4v) is 4.20. The first-order valence-corrected chi connectivity index (χ1v) is 9.15. The van der Waals surface area contributed by atoms with Crippen LogP contribution in [0, 0.1) is 5.82 Å². The van der Waals surface area contributed by atoms with Gasteiger partial charge in [-0.1, -0.05) is 6.42 Å². The Morgan fingerprint density at radius 2 is 2.00 bits per heavy atom. The lowest BCUT2D eigenvalue weighted by Crippen LogP contribution is -2.46. The minimum atomic E-state index is -3.01. The molecule has 0 aliphatic heterocycles. The van der Waals surface area contributed by atoms with Gasteiger partial charge in [-0.3, -0.25) is 0 Å². The maximum atomic E-state index is 12.8. The number of hydrogen-bond donors (Lipinski definition) is 1. The first kappa shape index (κ1) is 16.2. The summed E-state index contributed by atoms with van der Waals surface area (Å²) in [6.07, 6.45) is 3.83. The van der Waals surface area contributed by atoms with Crippen molar-refractivity contribution in [2.75, 3.05) is 12.9 Å². The van der Waals surface area contributed by atoms with E-state index in [9.17, 15) is 12.8 Å². The van der Waals surface area contributed by atoms with Gasteiger partial charge in [0, 0.05) is 18.3 Å². The molecule has 3 atom stereocenters. The molecule has 0 unspecified atom stereocenters. The second-order valence-corrected chi connectivity index (χ2v) is 8.00. The highest BCUT2D eigenvalue weighted by molar-refractivity contribution is 7.91. The zero-order valence-corrected chi connectivity index (χ0v) is 13.2. The van der Waals surface area contributed by atoms with E-state index in [1.807, 2.05) is 6.92 Å². The third-order valence-corrected chi connectivity index (χ3v) is 5.48. The van der Waals surface area contributed by atoms with Gasteiger partial charge in [0.2, 0.25) is 0 Å². The average molecular weight is 315 g/mol. The summed E-state index contributed by atoms with van der Waals surface area (Å²) in [5, 5.41) is 3.04. The molecule has 1 fully saturated rings. The van der Waals surface area contributed by atoms with E-state index < -0.39 is 9.84 Å². The minimum Gasteiger partial charge on any atom is -0.492 e. The molecule has 21 heavy (non-hydrogen) atoms. The van der Waals surface area contributed by atoms with Crippen molar-refractivity contribution in [3.63, 3.8) is 0 Å². The monoisotopic (exact) mass is 315 g/mol. The zero-order chi connectivity index (χ0) is 15.5. The first-order chi connectivity index (χ1) is 9.86. The van der Waals surface area contributed by atoms with Crippen molar-refractivity contribution < 1.29 is 17.5 Å². The van der Waals surface area contributed by atoms with E-state index in [2.05, 4.69) is 5.32 Å². The molecule has 1 aliphatic carbocycles. The third-order valence-electron chi connectivity index (χ3n) is 3.81. The van der Waals surface area contributed by atoms with Crippen molar-refractivity contribution >= 4 is 9.84 Å². The van der Waals surface area contributed by atoms with Crippen LogP contribution in [0.1, 0.15) is 26.2 Å². The summed E-state index contributed by atoms with van der Waals surface area (Å²) in [5.41, 5.74) is 0. The average Bonchev–Trinajstić information content (AvgIpc) is 2.86. The summed E-state index contributed by atoms with van der Waals surface area (Å²) in [6.45, 7) is 2.37. The summed E-state index contributed by atoms with van der Waals surface area (Å²) >= 11 is 0. The lowest BCUT2D eigenvalue weighted by atomic mass is 10.2. The minimum absolute atomic E-state index is 0.00758. The van der Waals surface area contributed by atoms with E-state index >= 15 is 0 Å². The van der Waals surface area contributed by atoms with Crippen LogP contribution >= 0.6 is 0 Å². The molecule has 0 aromatic heterocycles. The van der Waals surface area contributed by atoms with E-state index in [0.717, 1.165) is 19.3 Å². The number of sulfone groups is 1. The van der Waals surface area contributed by atoms with Crippen molar-refractivity contribution in [3.8, 4) is 5.75 Å². The topological polar surface area (TPSA) is 55.4 Å². The molecular formula is C15H22FNO3S. The van der Waals surface area contributed by atoms with Gasteiger partial charge in [-0.25, -0.2) is 12.8 Å². The number of benzene rings is 1. The molecule has 1 saturated carbocycles. The first-order valence-electron chi connectivity index (χ1n) is 7.19. The van der Waals surface area contributed by atoms with E-state index in [4.69, 9.17) is 4.74 Å². The Hall–Kier alpha value is -1.14. The molecule has 0 heterocycles. The zero-order valence-electron chi connectivity index (χ0n) is 12.4. The van der Waals surface area contributed by atoms with E-state index in [1.165, 1.54) is 18.4 Å². The lowest BCUT2D eigenvalue weighted by Gasteiger charge is -2.24. The smallest absolute Gasteiger partial charge is 0.151 e. The van der Waals surface area contributed by atoms with Crippen molar-refractivity contribution in [1.29, 1.82) is 0 Å². The molecule has 4 nitrogen and oxygen atoms in total. The maximum Gasteiger partial charge on any atom is 0.151 e. The molecule has 0 radical (unpaired) electrons. The SMILES string of the molecule is C[C@H](COc1ccc(F)cc1)N[C@H]1CCC[C@@H]1S(C)(=O)=O. The summed E-state index contributed by atoms with van der Waals surface area (Å²) < 4.78 is 41.8. The van der Waals surface area contributed by atoms with Crippen LogP contribution in [-0.2, 0) is 9.84 Å². The molecule has 2 rings (SSSR count). The Bertz CT molecular complexity index is 559. The quantitative estimate of drug-likeness (QED) is 0.874. The molecule has 6 heteroatoms. The van der Waals surface area contributed by atoms with Crippen molar-refractivity contribution in [2.45, 2.75) is 43.5 Å². The molecule has 118 valence electrons. The largest absolute Gasteiger partial charge is 0.492 e. The fourth-order valence-electron chi connectivity index (χ4n) is 2.79. The summed E-state index contributed by atoms with van der Waals surface area (Å²) in [6, 6.07) is 5.89. The Morgan fingerprint density at radius 3 is 2.62 bits per heavy atom. The second-order valence-electron chi connectivity index (χ2n) is 5.74.